The van der Waals surface area contributed by atoms with E-state index in [0.717, 1.165) is 5.69 Å². The lowest BCUT2D eigenvalue weighted by molar-refractivity contribution is 0.0736. The van der Waals surface area contributed by atoms with Crippen LogP contribution < -0.4 is 14.2 Å². The Morgan fingerprint density at radius 1 is 1.18 bits per heavy atom. The van der Waals surface area contributed by atoms with Gasteiger partial charge in [-0.05, 0) is 36.5 Å². The van der Waals surface area contributed by atoms with E-state index in [0.29, 0.717) is 52.4 Å². The van der Waals surface area contributed by atoms with Crippen molar-refractivity contribution in [2.45, 2.75) is 40.5 Å². The largest absolute Gasteiger partial charge is 0.454 e. The molecule has 0 radical (unpaired) electrons. The molecule has 0 spiro atoms. The number of benzene rings is 1. The van der Waals surface area contributed by atoms with E-state index < -0.39 is 5.97 Å². The highest BCUT2D eigenvalue weighted by Crippen LogP contribution is 2.36. The van der Waals surface area contributed by atoms with Crippen molar-refractivity contribution >= 4 is 17.1 Å². The van der Waals surface area contributed by atoms with Crippen molar-refractivity contribution in [2.75, 3.05) is 6.79 Å². The Morgan fingerprint density at radius 3 is 2.71 bits per heavy atom. The van der Waals surface area contributed by atoms with Crippen molar-refractivity contribution in [3.63, 3.8) is 0 Å². The Hall–Kier alpha value is -3.09. The highest BCUT2D eigenvalue weighted by Gasteiger charge is 2.25. The van der Waals surface area contributed by atoms with Gasteiger partial charge in [0.25, 0.3) is 5.71 Å². The number of carbonyl (C=O) groups excluding carboxylic acids is 1. The third-order valence-corrected chi connectivity index (χ3v) is 4.40. The summed E-state index contributed by atoms with van der Waals surface area (Å²) in [6.45, 7) is 8.44. The number of carbonyl (C=O) groups is 1. The molecule has 7 heteroatoms. The van der Waals surface area contributed by atoms with Gasteiger partial charge in [0, 0.05) is 11.8 Å². The average Bonchev–Trinajstić information content (AvgIpc) is 3.26. The number of aromatic nitrogens is 2. The molecule has 2 aromatic heterocycles. The topological polar surface area (TPSA) is 83.7 Å². The van der Waals surface area contributed by atoms with Crippen molar-refractivity contribution in [3.05, 3.63) is 41.2 Å². The van der Waals surface area contributed by atoms with Crippen LogP contribution in [0.4, 0.5) is 0 Å². The van der Waals surface area contributed by atoms with E-state index in [4.69, 9.17) is 18.7 Å². The Morgan fingerprint density at radius 2 is 1.96 bits per heavy atom. The third kappa shape index (κ3) is 3.52. The fraction of sp³-hybridized carbons (Fsp3) is 0.381. The maximum absolute atomic E-state index is 13.0. The Balaban J connectivity index is 1.73. The minimum absolute atomic E-state index is 0.0221. The molecule has 1 aliphatic rings. The molecule has 0 aliphatic carbocycles. The fourth-order valence-electron chi connectivity index (χ4n) is 3.13. The number of fused-ring (bicyclic) bond motifs is 2. The summed E-state index contributed by atoms with van der Waals surface area (Å²) in [5.41, 5.74) is 2.18. The zero-order valence-corrected chi connectivity index (χ0v) is 16.4. The van der Waals surface area contributed by atoms with Crippen LogP contribution in [0.1, 0.15) is 49.4 Å². The van der Waals surface area contributed by atoms with Crippen molar-refractivity contribution in [1.29, 1.82) is 0 Å². The normalized spacial score (nSPS) is 13.1. The number of hydrogen-bond donors (Lipinski definition) is 0. The monoisotopic (exact) mass is 382 g/mol. The van der Waals surface area contributed by atoms with Gasteiger partial charge in [-0.1, -0.05) is 32.9 Å². The van der Waals surface area contributed by atoms with E-state index in [1.807, 2.05) is 6.92 Å². The van der Waals surface area contributed by atoms with Gasteiger partial charge >= 0.3 is 5.97 Å². The van der Waals surface area contributed by atoms with E-state index in [9.17, 15) is 4.79 Å². The predicted octanol–water partition coefficient (Wildman–Crippen LogP) is 4.32. The highest BCUT2D eigenvalue weighted by molar-refractivity contribution is 6.04. The Kier molecular flexibility index (Phi) is 4.45. The summed E-state index contributed by atoms with van der Waals surface area (Å²) >= 11 is 0. The van der Waals surface area contributed by atoms with Crippen molar-refractivity contribution < 1.29 is 23.5 Å². The summed E-state index contributed by atoms with van der Waals surface area (Å²) in [4.78, 5) is 17.5. The van der Waals surface area contributed by atoms with Crippen LogP contribution in [-0.2, 0) is 12.8 Å². The van der Waals surface area contributed by atoms with Gasteiger partial charge < -0.3 is 18.7 Å². The van der Waals surface area contributed by atoms with Gasteiger partial charge in [0.1, 0.15) is 5.75 Å². The standard InChI is InChI=1S/C21H22N2O5/c1-5-12-8-14(18-15(10-21(2,3)4)23-28-19(18)22-12)20(24)27-13-6-7-16-17(9-13)26-11-25-16/h6-9H,5,10-11H2,1-4H3. The average molecular weight is 382 g/mol. The molecule has 0 saturated heterocycles. The lowest BCUT2D eigenvalue weighted by atomic mass is 9.89. The molecule has 0 amide bonds. The van der Waals surface area contributed by atoms with Gasteiger partial charge in [0.15, 0.2) is 11.5 Å². The van der Waals surface area contributed by atoms with Crippen LogP contribution in [0, 0.1) is 5.41 Å². The molecule has 1 aromatic carbocycles. The first-order valence-electron chi connectivity index (χ1n) is 9.24. The van der Waals surface area contributed by atoms with Crippen LogP contribution in [0.5, 0.6) is 17.2 Å². The smallest absolute Gasteiger partial charge is 0.344 e. The maximum atomic E-state index is 13.0. The van der Waals surface area contributed by atoms with Crippen LogP contribution in [-0.4, -0.2) is 22.9 Å². The zero-order chi connectivity index (χ0) is 19.9. The van der Waals surface area contributed by atoms with Crippen LogP contribution in [0.25, 0.3) is 11.1 Å². The Bertz CT molecular complexity index is 1050. The number of pyridine rings is 1. The highest BCUT2D eigenvalue weighted by atomic mass is 16.7. The molecule has 0 saturated carbocycles. The number of ether oxygens (including phenoxy) is 3. The summed E-state index contributed by atoms with van der Waals surface area (Å²) in [5, 5.41) is 4.78. The van der Waals surface area contributed by atoms with Crippen molar-refractivity contribution in [2.24, 2.45) is 5.41 Å². The molecule has 7 nitrogen and oxygen atoms in total. The van der Waals surface area contributed by atoms with E-state index >= 15 is 0 Å². The molecule has 0 bridgehead atoms. The zero-order valence-electron chi connectivity index (χ0n) is 16.4. The van der Waals surface area contributed by atoms with Gasteiger partial charge in [-0.3, -0.25) is 0 Å². The fourth-order valence-corrected chi connectivity index (χ4v) is 3.13. The third-order valence-electron chi connectivity index (χ3n) is 4.40. The van der Waals surface area contributed by atoms with Crippen LogP contribution in [0.3, 0.4) is 0 Å². The molecular weight excluding hydrogens is 360 g/mol. The van der Waals surface area contributed by atoms with E-state index in [1.54, 1.807) is 24.3 Å². The first kappa shape index (κ1) is 18.3. The second-order valence-corrected chi connectivity index (χ2v) is 7.97. The Labute approximate surface area is 162 Å². The maximum Gasteiger partial charge on any atom is 0.344 e. The first-order valence-corrected chi connectivity index (χ1v) is 9.24. The second kappa shape index (κ2) is 6.82. The van der Waals surface area contributed by atoms with Gasteiger partial charge in [0.2, 0.25) is 6.79 Å². The van der Waals surface area contributed by atoms with E-state index in [-0.39, 0.29) is 12.2 Å². The molecule has 0 fully saturated rings. The summed E-state index contributed by atoms with van der Waals surface area (Å²) in [7, 11) is 0. The number of hydrogen-bond acceptors (Lipinski definition) is 7. The van der Waals surface area contributed by atoms with Gasteiger partial charge in [-0.2, -0.15) is 0 Å². The molecule has 0 atom stereocenters. The molecule has 28 heavy (non-hydrogen) atoms. The van der Waals surface area contributed by atoms with Crippen LogP contribution >= 0.6 is 0 Å². The van der Waals surface area contributed by atoms with Gasteiger partial charge in [0.05, 0.1) is 16.6 Å². The number of esters is 1. The first-order chi connectivity index (χ1) is 13.3. The number of nitrogens with zero attached hydrogens (tertiary/aromatic N) is 2. The van der Waals surface area contributed by atoms with Crippen molar-refractivity contribution in [3.8, 4) is 17.2 Å². The van der Waals surface area contributed by atoms with Crippen molar-refractivity contribution in [1.82, 2.24) is 10.1 Å². The SMILES string of the molecule is CCc1cc(C(=O)Oc2ccc3c(c2)OCO3)c2c(CC(C)(C)C)noc2n1. The minimum Gasteiger partial charge on any atom is -0.454 e. The summed E-state index contributed by atoms with van der Waals surface area (Å²) in [6, 6.07) is 6.78. The summed E-state index contributed by atoms with van der Waals surface area (Å²) in [6.07, 6.45) is 1.31. The quantitative estimate of drug-likeness (QED) is 0.491. The molecule has 4 rings (SSSR count). The molecular formula is C21H22N2O5. The predicted molar refractivity (Wildman–Crippen MR) is 102 cm³/mol. The lowest BCUT2D eigenvalue weighted by Gasteiger charge is -2.16. The van der Waals surface area contributed by atoms with Gasteiger partial charge in [-0.25, -0.2) is 9.78 Å². The molecule has 3 heterocycles. The number of rotatable bonds is 4. The molecule has 1 aliphatic heterocycles. The van der Waals surface area contributed by atoms with E-state index in [1.165, 1.54) is 0 Å². The lowest BCUT2D eigenvalue weighted by Crippen LogP contribution is -2.13. The number of aryl methyl sites for hydroxylation is 1. The van der Waals surface area contributed by atoms with Crippen LogP contribution in [0.2, 0.25) is 0 Å². The van der Waals surface area contributed by atoms with Gasteiger partial charge in [-0.15, -0.1) is 0 Å². The summed E-state index contributed by atoms with van der Waals surface area (Å²) < 4.78 is 21.7. The molecule has 146 valence electrons. The van der Waals surface area contributed by atoms with Crippen LogP contribution in [0.15, 0.2) is 28.8 Å². The molecule has 0 N–H and O–H groups in total. The summed E-state index contributed by atoms with van der Waals surface area (Å²) in [5.74, 6) is 1.08. The molecule has 0 unspecified atom stereocenters. The van der Waals surface area contributed by atoms with E-state index in [2.05, 4.69) is 30.9 Å². The second-order valence-electron chi connectivity index (χ2n) is 7.97. The molecule has 3 aromatic rings. The minimum atomic E-state index is -0.487.